The zero-order valence-electron chi connectivity index (χ0n) is 23.7. The van der Waals surface area contributed by atoms with Crippen LogP contribution in [0, 0.1) is 6.92 Å². The van der Waals surface area contributed by atoms with Crippen LogP contribution in [0.15, 0.2) is 67.1 Å². The smallest absolute Gasteiger partial charge is 0.416 e. The first-order valence-electron chi connectivity index (χ1n) is 13.2. The average Bonchev–Trinajstić information content (AvgIpc) is 2.96. The largest absolute Gasteiger partial charge is 0.491 e. The quantitative estimate of drug-likeness (QED) is 0.180. The lowest BCUT2D eigenvalue weighted by molar-refractivity contribution is -0.137. The van der Waals surface area contributed by atoms with Gasteiger partial charge < -0.3 is 25.6 Å². The van der Waals surface area contributed by atoms with Gasteiger partial charge in [0.25, 0.3) is 5.91 Å². The van der Waals surface area contributed by atoms with Gasteiger partial charge in [0.1, 0.15) is 23.7 Å². The minimum absolute atomic E-state index is 0.0640. The number of carbonyl (C=O) groups excluding carboxylic acids is 1. The summed E-state index contributed by atoms with van der Waals surface area (Å²) in [6.07, 6.45) is -0.842. The average molecular weight is 580 g/mol. The van der Waals surface area contributed by atoms with Crippen molar-refractivity contribution in [3.63, 3.8) is 0 Å². The van der Waals surface area contributed by atoms with Crippen LogP contribution in [0.5, 0.6) is 5.75 Å². The number of amides is 1. The third-order valence-corrected chi connectivity index (χ3v) is 6.32. The maximum Gasteiger partial charge on any atom is 0.416 e. The van der Waals surface area contributed by atoms with Crippen molar-refractivity contribution in [2.24, 2.45) is 0 Å². The zero-order chi connectivity index (χ0) is 30.3. The van der Waals surface area contributed by atoms with Crippen molar-refractivity contribution in [1.29, 1.82) is 0 Å². The van der Waals surface area contributed by atoms with E-state index in [1.54, 1.807) is 43.6 Å². The predicted molar refractivity (Wildman–Crippen MR) is 157 cm³/mol. The summed E-state index contributed by atoms with van der Waals surface area (Å²) in [6.45, 7) is 2.88. The first-order chi connectivity index (χ1) is 20.0. The Labute approximate surface area is 242 Å². The number of benzene rings is 2. The van der Waals surface area contributed by atoms with Gasteiger partial charge in [-0.15, -0.1) is 0 Å². The molecule has 0 saturated carbocycles. The molecule has 9 nitrogen and oxygen atoms in total. The molecule has 2 heterocycles. The van der Waals surface area contributed by atoms with Gasteiger partial charge in [-0.3, -0.25) is 4.79 Å². The fourth-order valence-corrected chi connectivity index (χ4v) is 4.07. The molecule has 0 aliphatic rings. The van der Waals surface area contributed by atoms with Crippen LogP contribution in [0.25, 0.3) is 11.3 Å². The molecular formula is C30H32F3N7O2. The Bertz CT molecular complexity index is 1540. The lowest BCUT2D eigenvalue weighted by Gasteiger charge is -2.17. The molecule has 2 aromatic heterocycles. The van der Waals surface area contributed by atoms with E-state index >= 15 is 0 Å². The van der Waals surface area contributed by atoms with Crippen molar-refractivity contribution in [2.45, 2.75) is 19.5 Å². The maximum atomic E-state index is 13.5. The van der Waals surface area contributed by atoms with E-state index in [0.29, 0.717) is 35.0 Å². The maximum absolute atomic E-state index is 13.5. The summed E-state index contributed by atoms with van der Waals surface area (Å²) < 4.78 is 46.2. The van der Waals surface area contributed by atoms with Crippen LogP contribution in [0.1, 0.15) is 27.9 Å². The van der Waals surface area contributed by atoms with E-state index in [1.807, 2.05) is 32.0 Å². The molecule has 0 aliphatic carbocycles. The van der Waals surface area contributed by atoms with E-state index in [9.17, 15) is 18.0 Å². The summed E-state index contributed by atoms with van der Waals surface area (Å²) in [5, 5.41) is 8.86. The number of pyridine rings is 1. The summed E-state index contributed by atoms with van der Waals surface area (Å²) in [5.41, 5.74) is 2.05. The van der Waals surface area contributed by atoms with Gasteiger partial charge in [0.05, 0.1) is 23.6 Å². The summed E-state index contributed by atoms with van der Waals surface area (Å²) in [6, 6.07) is 13.4. The molecule has 0 bridgehead atoms. The molecule has 0 radical (unpaired) electrons. The molecule has 0 spiro atoms. The van der Waals surface area contributed by atoms with Crippen LogP contribution < -0.4 is 20.7 Å². The van der Waals surface area contributed by atoms with Crippen molar-refractivity contribution >= 4 is 28.9 Å². The van der Waals surface area contributed by atoms with Crippen LogP contribution in [-0.4, -0.2) is 60.1 Å². The minimum atomic E-state index is -4.58. The van der Waals surface area contributed by atoms with Gasteiger partial charge >= 0.3 is 6.18 Å². The molecule has 42 heavy (non-hydrogen) atoms. The third-order valence-electron chi connectivity index (χ3n) is 6.32. The highest BCUT2D eigenvalue weighted by atomic mass is 19.4. The summed E-state index contributed by atoms with van der Waals surface area (Å²) in [5.74, 6) is 0.709. The number of aromatic nitrogens is 3. The highest BCUT2D eigenvalue weighted by molar-refractivity contribution is 6.06. The molecule has 0 fully saturated rings. The van der Waals surface area contributed by atoms with E-state index in [4.69, 9.17) is 4.74 Å². The van der Waals surface area contributed by atoms with Crippen molar-refractivity contribution < 1.29 is 22.7 Å². The Morgan fingerprint density at radius 2 is 1.81 bits per heavy atom. The van der Waals surface area contributed by atoms with Crippen LogP contribution in [0.3, 0.4) is 0 Å². The Hall–Kier alpha value is -4.71. The van der Waals surface area contributed by atoms with Gasteiger partial charge in [-0.25, -0.2) is 15.0 Å². The predicted octanol–water partition coefficient (Wildman–Crippen LogP) is 6.23. The van der Waals surface area contributed by atoms with Gasteiger partial charge in [0.15, 0.2) is 0 Å². The van der Waals surface area contributed by atoms with Crippen LogP contribution in [0.2, 0.25) is 0 Å². The number of alkyl halides is 3. The summed E-state index contributed by atoms with van der Waals surface area (Å²) in [4.78, 5) is 28.2. The number of nitrogens with one attached hydrogen (secondary N) is 3. The van der Waals surface area contributed by atoms with Crippen molar-refractivity contribution in [3.8, 4) is 17.0 Å². The fourth-order valence-electron chi connectivity index (χ4n) is 4.07. The van der Waals surface area contributed by atoms with Gasteiger partial charge in [-0.1, -0.05) is 6.07 Å². The molecule has 1 amide bonds. The number of rotatable bonds is 11. The number of halogens is 3. The minimum Gasteiger partial charge on any atom is -0.491 e. The molecule has 4 aromatic rings. The molecule has 220 valence electrons. The number of anilines is 4. The van der Waals surface area contributed by atoms with E-state index < -0.39 is 17.6 Å². The van der Waals surface area contributed by atoms with Crippen molar-refractivity contribution in [2.75, 3.05) is 50.2 Å². The first-order valence-corrected chi connectivity index (χ1v) is 13.2. The monoisotopic (exact) mass is 579 g/mol. The van der Waals surface area contributed by atoms with E-state index in [0.717, 1.165) is 24.2 Å². The molecular weight excluding hydrogens is 547 g/mol. The third kappa shape index (κ3) is 7.72. The number of ether oxygens (including phenoxy) is 1. The van der Waals surface area contributed by atoms with E-state index in [1.165, 1.54) is 12.4 Å². The second kappa shape index (κ2) is 13.3. The molecule has 0 aliphatic heterocycles. The van der Waals surface area contributed by atoms with Gasteiger partial charge in [0.2, 0.25) is 0 Å². The highest BCUT2D eigenvalue weighted by Gasteiger charge is 2.31. The number of carbonyl (C=O) groups is 1. The van der Waals surface area contributed by atoms with Crippen LogP contribution in [0.4, 0.5) is 36.2 Å². The fraction of sp³-hybridized carbons (Fsp3) is 0.267. The normalized spacial score (nSPS) is 11.3. The number of aryl methyl sites for hydroxylation is 1. The zero-order valence-corrected chi connectivity index (χ0v) is 23.7. The molecule has 12 heteroatoms. The Balaban J connectivity index is 1.59. The lowest BCUT2D eigenvalue weighted by Crippen LogP contribution is -2.17. The Morgan fingerprint density at radius 1 is 1.00 bits per heavy atom. The Kier molecular flexibility index (Phi) is 9.58. The summed E-state index contributed by atoms with van der Waals surface area (Å²) in [7, 11) is 5.59. The van der Waals surface area contributed by atoms with Crippen molar-refractivity contribution in [3.05, 3.63) is 83.8 Å². The topological polar surface area (TPSA) is 104 Å². The highest BCUT2D eigenvalue weighted by Crippen LogP contribution is 2.36. The molecule has 3 N–H and O–H groups in total. The van der Waals surface area contributed by atoms with Gasteiger partial charge in [0, 0.05) is 42.7 Å². The summed E-state index contributed by atoms with van der Waals surface area (Å²) >= 11 is 0. The number of nitrogens with zero attached hydrogens (tertiary/aromatic N) is 4. The lowest BCUT2D eigenvalue weighted by atomic mass is 10.1. The SMILES string of the molecule is CNc1cc(-c2cccnc2Nc2cc(C(=O)Nc3cc(C(F)(F)F)ccc3OCCCN(C)C)ccc2C)ncn1. The van der Waals surface area contributed by atoms with Gasteiger partial charge in [-0.2, -0.15) is 13.2 Å². The Morgan fingerprint density at radius 3 is 2.55 bits per heavy atom. The first kappa shape index (κ1) is 30.3. The molecule has 4 rings (SSSR count). The molecule has 0 saturated heterocycles. The van der Waals surface area contributed by atoms with Crippen LogP contribution in [-0.2, 0) is 6.18 Å². The standard InChI is InChI=1S/C30H32F3N7O2/c1-19-8-9-20(15-23(19)38-28-22(7-5-12-35-28)24-17-27(34-2)37-18-36-24)29(41)39-25-16-21(30(31,32)33)10-11-26(25)42-14-6-13-40(3)4/h5,7-12,15-18H,6,13-14H2,1-4H3,(H,35,38)(H,39,41)(H,34,36,37). The van der Waals surface area contributed by atoms with Gasteiger partial charge in [-0.05, 0) is 75.5 Å². The van der Waals surface area contributed by atoms with Crippen LogP contribution >= 0.6 is 0 Å². The second-order valence-corrected chi connectivity index (χ2v) is 9.76. The van der Waals surface area contributed by atoms with Crippen molar-refractivity contribution in [1.82, 2.24) is 19.9 Å². The molecule has 0 atom stereocenters. The van der Waals surface area contributed by atoms with E-state index in [2.05, 4.69) is 30.9 Å². The second-order valence-electron chi connectivity index (χ2n) is 9.76. The number of hydrogen-bond acceptors (Lipinski definition) is 8. The molecule has 0 unspecified atom stereocenters. The number of hydrogen-bond donors (Lipinski definition) is 3. The van der Waals surface area contributed by atoms with E-state index in [-0.39, 0.29) is 23.6 Å². The molecule has 2 aromatic carbocycles.